The van der Waals surface area contributed by atoms with E-state index in [2.05, 4.69) is 39.5 Å². The van der Waals surface area contributed by atoms with Crippen molar-refractivity contribution in [2.45, 2.75) is 85.0 Å². The summed E-state index contributed by atoms with van der Waals surface area (Å²) in [7, 11) is 0. The lowest BCUT2D eigenvalue weighted by Crippen LogP contribution is -2.44. The van der Waals surface area contributed by atoms with Crippen molar-refractivity contribution >= 4 is 5.78 Å². The van der Waals surface area contributed by atoms with Crippen LogP contribution in [0.25, 0.3) is 0 Å². The van der Waals surface area contributed by atoms with E-state index in [0.29, 0.717) is 6.04 Å². The first kappa shape index (κ1) is 17.6. The average Bonchev–Trinajstić information content (AvgIpc) is 2.45. The van der Waals surface area contributed by atoms with Crippen molar-refractivity contribution in [3.05, 3.63) is 0 Å². The van der Waals surface area contributed by atoms with Gasteiger partial charge in [0.05, 0.1) is 11.5 Å². The zero-order valence-electron chi connectivity index (χ0n) is 14.5. The Bertz CT molecular complexity index is 334. The number of carbonyl (C=O) groups is 1. The molecule has 1 rings (SSSR count). The molecule has 1 fully saturated rings. The molecule has 1 aliphatic heterocycles. The van der Waals surface area contributed by atoms with Gasteiger partial charge in [0.2, 0.25) is 0 Å². The topological polar surface area (TPSA) is 29.5 Å². The second-order valence-electron chi connectivity index (χ2n) is 7.43. The van der Waals surface area contributed by atoms with E-state index in [4.69, 9.17) is 4.74 Å². The predicted molar refractivity (Wildman–Crippen MR) is 84.0 cm³/mol. The Morgan fingerprint density at radius 3 is 2.20 bits per heavy atom. The molecule has 0 amide bonds. The molecule has 1 atom stereocenters. The minimum absolute atomic E-state index is 0.0264. The highest BCUT2D eigenvalue weighted by molar-refractivity contribution is 5.91. The Morgan fingerprint density at radius 2 is 1.80 bits per heavy atom. The number of hydrogen-bond donors (Lipinski definition) is 0. The van der Waals surface area contributed by atoms with Crippen LogP contribution < -0.4 is 0 Å². The normalized spacial score (nSPS) is 24.9. The molecule has 3 nitrogen and oxygen atoms in total. The Hall–Kier alpha value is -0.410. The summed E-state index contributed by atoms with van der Waals surface area (Å²) >= 11 is 0. The van der Waals surface area contributed by atoms with Crippen molar-refractivity contribution in [2.24, 2.45) is 5.92 Å². The summed E-state index contributed by atoms with van der Waals surface area (Å²) in [5, 5.41) is 0. The molecule has 0 saturated carbocycles. The van der Waals surface area contributed by atoms with Crippen molar-refractivity contribution in [3.8, 4) is 0 Å². The van der Waals surface area contributed by atoms with Crippen LogP contribution in [0, 0.1) is 5.92 Å². The standard InChI is InChI=1S/C17H33NO2/c1-8-9-10-11-18(13(2)3)12-14-15(19)17(6,7)20-16(14,4)5/h13-14H,8-12H2,1-7H3. The van der Waals surface area contributed by atoms with E-state index in [0.717, 1.165) is 13.1 Å². The number of nitrogens with zero attached hydrogens (tertiary/aromatic N) is 1. The third-order valence-electron chi connectivity index (χ3n) is 4.46. The summed E-state index contributed by atoms with van der Waals surface area (Å²) < 4.78 is 5.99. The van der Waals surface area contributed by atoms with Crippen LogP contribution in [0.5, 0.6) is 0 Å². The summed E-state index contributed by atoms with van der Waals surface area (Å²) in [6, 6.07) is 0.471. The minimum atomic E-state index is -0.639. The molecule has 1 unspecified atom stereocenters. The van der Waals surface area contributed by atoms with Gasteiger partial charge in [-0.25, -0.2) is 0 Å². The largest absolute Gasteiger partial charge is 0.361 e. The van der Waals surface area contributed by atoms with Gasteiger partial charge in [-0.15, -0.1) is 0 Å². The molecule has 0 radical (unpaired) electrons. The molecule has 1 aliphatic rings. The van der Waals surface area contributed by atoms with E-state index >= 15 is 0 Å². The van der Waals surface area contributed by atoms with Crippen molar-refractivity contribution < 1.29 is 9.53 Å². The first-order valence-corrected chi connectivity index (χ1v) is 8.10. The molecule has 1 saturated heterocycles. The van der Waals surface area contributed by atoms with Gasteiger partial charge in [0, 0.05) is 12.6 Å². The maximum absolute atomic E-state index is 12.6. The summed E-state index contributed by atoms with van der Waals surface area (Å²) in [5.41, 5.74) is -1.00. The Labute approximate surface area is 125 Å². The first-order valence-electron chi connectivity index (χ1n) is 8.10. The Kier molecular flexibility index (Phi) is 5.79. The molecule has 0 aromatic heterocycles. The van der Waals surface area contributed by atoms with E-state index in [9.17, 15) is 4.79 Å². The van der Waals surface area contributed by atoms with E-state index in [1.165, 1.54) is 19.3 Å². The van der Waals surface area contributed by atoms with Crippen molar-refractivity contribution in [3.63, 3.8) is 0 Å². The van der Waals surface area contributed by atoms with Crippen LogP contribution in [0.4, 0.5) is 0 Å². The molecule has 20 heavy (non-hydrogen) atoms. The van der Waals surface area contributed by atoms with Crippen LogP contribution >= 0.6 is 0 Å². The van der Waals surface area contributed by atoms with Gasteiger partial charge < -0.3 is 9.64 Å². The zero-order chi connectivity index (χ0) is 15.6. The van der Waals surface area contributed by atoms with Gasteiger partial charge in [-0.3, -0.25) is 4.79 Å². The summed E-state index contributed by atoms with van der Waals surface area (Å²) in [4.78, 5) is 15.0. The van der Waals surface area contributed by atoms with E-state index in [1.807, 2.05) is 13.8 Å². The predicted octanol–water partition coefficient (Wildman–Crippen LogP) is 3.66. The SMILES string of the molecule is CCCCCN(CC1C(=O)C(C)(C)OC1(C)C)C(C)C. The molecule has 0 bridgehead atoms. The molecule has 118 valence electrons. The van der Waals surface area contributed by atoms with E-state index in [-0.39, 0.29) is 17.3 Å². The number of hydrogen-bond acceptors (Lipinski definition) is 3. The number of unbranched alkanes of at least 4 members (excludes halogenated alkanes) is 2. The van der Waals surface area contributed by atoms with Gasteiger partial charge in [-0.2, -0.15) is 0 Å². The molecule has 0 aromatic rings. The molecule has 3 heteroatoms. The number of rotatable bonds is 7. The molecule has 0 aromatic carbocycles. The smallest absolute Gasteiger partial charge is 0.171 e. The summed E-state index contributed by atoms with van der Waals surface area (Å²) in [5.74, 6) is 0.227. The van der Waals surface area contributed by atoms with Crippen LogP contribution in [0.2, 0.25) is 0 Å². The van der Waals surface area contributed by atoms with Gasteiger partial charge in [0.1, 0.15) is 5.60 Å². The lowest BCUT2D eigenvalue weighted by atomic mass is 9.85. The molecular formula is C17H33NO2. The van der Waals surface area contributed by atoms with E-state index in [1.54, 1.807) is 0 Å². The van der Waals surface area contributed by atoms with Crippen LogP contribution in [-0.2, 0) is 9.53 Å². The first-order chi connectivity index (χ1) is 9.12. The number of ether oxygens (including phenoxy) is 1. The maximum atomic E-state index is 12.6. The van der Waals surface area contributed by atoms with Crippen molar-refractivity contribution in [1.82, 2.24) is 4.90 Å². The monoisotopic (exact) mass is 283 g/mol. The highest BCUT2D eigenvalue weighted by Crippen LogP contribution is 2.39. The van der Waals surface area contributed by atoms with Gasteiger partial charge in [0.25, 0.3) is 0 Å². The Morgan fingerprint density at radius 1 is 1.20 bits per heavy atom. The molecule has 0 aliphatic carbocycles. The highest BCUT2D eigenvalue weighted by Gasteiger charge is 2.53. The van der Waals surface area contributed by atoms with Crippen molar-refractivity contribution in [2.75, 3.05) is 13.1 Å². The fourth-order valence-corrected chi connectivity index (χ4v) is 3.18. The minimum Gasteiger partial charge on any atom is -0.361 e. The number of carbonyl (C=O) groups excluding carboxylic acids is 1. The third-order valence-corrected chi connectivity index (χ3v) is 4.46. The summed E-state index contributed by atoms with van der Waals surface area (Å²) in [6.07, 6.45) is 3.70. The van der Waals surface area contributed by atoms with Gasteiger partial charge in [-0.1, -0.05) is 19.8 Å². The fourth-order valence-electron chi connectivity index (χ4n) is 3.18. The van der Waals surface area contributed by atoms with Crippen LogP contribution in [0.15, 0.2) is 0 Å². The van der Waals surface area contributed by atoms with Gasteiger partial charge >= 0.3 is 0 Å². The summed E-state index contributed by atoms with van der Waals surface area (Å²) in [6.45, 7) is 16.4. The van der Waals surface area contributed by atoms with Crippen LogP contribution in [-0.4, -0.2) is 41.0 Å². The third kappa shape index (κ3) is 4.05. The molecule has 0 N–H and O–H groups in total. The van der Waals surface area contributed by atoms with Crippen LogP contribution in [0.1, 0.15) is 67.7 Å². The van der Waals surface area contributed by atoms with Crippen molar-refractivity contribution in [1.29, 1.82) is 0 Å². The second kappa shape index (κ2) is 6.57. The average molecular weight is 283 g/mol. The fraction of sp³-hybridized carbons (Fsp3) is 0.941. The zero-order valence-corrected chi connectivity index (χ0v) is 14.5. The molecule has 0 spiro atoms. The number of ketones is 1. The highest BCUT2D eigenvalue weighted by atomic mass is 16.5. The lowest BCUT2D eigenvalue weighted by molar-refractivity contribution is -0.132. The van der Waals surface area contributed by atoms with Gasteiger partial charge in [0.15, 0.2) is 5.78 Å². The lowest BCUT2D eigenvalue weighted by Gasteiger charge is -2.33. The second-order valence-corrected chi connectivity index (χ2v) is 7.43. The quantitative estimate of drug-likeness (QED) is 0.668. The Balaban J connectivity index is 2.74. The van der Waals surface area contributed by atoms with Crippen LogP contribution in [0.3, 0.4) is 0 Å². The van der Waals surface area contributed by atoms with Gasteiger partial charge in [-0.05, 0) is 54.5 Å². The molecule has 1 heterocycles. The number of Topliss-reactive ketones (excluding diaryl/α,β-unsaturated/α-hetero) is 1. The molecular weight excluding hydrogens is 250 g/mol. The maximum Gasteiger partial charge on any atom is 0.171 e. The van der Waals surface area contributed by atoms with E-state index < -0.39 is 5.60 Å².